The number of hydroxylamine groups is 2. The number of hydrogen-bond acceptors (Lipinski definition) is 3. The normalized spacial score (nSPS) is 15.3. The first kappa shape index (κ1) is 10.7. The van der Waals surface area contributed by atoms with Gasteiger partial charge in [-0.1, -0.05) is 17.7 Å². The topological polar surface area (TPSA) is 46.6 Å². The second-order valence-electron chi connectivity index (χ2n) is 3.84. The summed E-state index contributed by atoms with van der Waals surface area (Å²) < 4.78 is 0. The summed E-state index contributed by atoms with van der Waals surface area (Å²) in [6.07, 6.45) is 1.21. The summed E-state index contributed by atoms with van der Waals surface area (Å²) in [7, 11) is 0. The number of amides is 1. The molecule has 0 saturated carbocycles. The van der Waals surface area contributed by atoms with Gasteiger partial charge in [0, 0.05) is 6.42 Å². The van der Waals surface area contributed by atoms with Gasteiger partial charge >= 0.3 is 5.97 Å². The van der Waals surface area contributed by atoms with Crippen molar-refractivity contribution in [1.29, 1.82) is 0 Å². The Balaban J connectivity index is 2.02. The molecule has 4 heteroatoms. The van der Waals surface area contributed by atoms with Gasteiger partial charge in [-0.3, -0.25) is 4.79 Å². The monoisotopic (exact) mass is 219 g/mol. The minimum absolute atomic E-state index is 0.125. The Kier molecular flexibility index (Phi) is 2.90. The van der Waals surface area contributed by atoms with Crippen LogP contribution in [-0.2, 0) is 9.63 Å². The molecule has 1 aromatic carbocycles. The molecular formula is C12H13NO3. The van der Waals surface area contributed by atoms with Gasteiger partial charge in [-0.2, -0.15) is 5.06 Å². The molecule has 0 aromatic heterocycles. The highest BCUT2D eigenvalue weighted by molar-refractivity contribution is 5.90. The molecule has 0 unspecified atom stereocenters. The molecule has 4 nitrogen and oxygen atoms in total. The smallest absolute Gasteiger partial charge is 0.333 e. The van der Waals surface area contributed by atoms with E-state index in [0.717, 1.165) is 17.0 Å². The van der Waals surface area contributed by atoms with Gasteiger partial charge in [-0.25, -0.2) is 4.79 Å². The molecule has 1 aromatic rings. The summed E-state index contributed by atoms with van der Waals surface area (Å²) in [6.45, 7) is 2.44. The molecule has 84 valence electrons. The molecule has 1 amide bonds. The Morgan fingerprint density at radius 1 is 1.31 bits per heavy atom. The molecule has 0 aliphatic carbocycles. The average Bonchev–Trinajstić information content (AvgIpc) is 2.65. The average molecular weight is 219 g/mol. The van der Waals surface area contributed by atoms with E-state index in [0.29, 0.717) is 18.5 Å². The Morgan fingerprint density at radius 2 is 2.00 bits per heavy atom. The summed E-state index contributed by atoms with van der Waals surface area (Å²) in [6, 6.07) is 7.06. The van der Waals surface area contributed by atoms with Crippen molar-refractivity contribution >= 4 is 11.9 Å². The van der Waals surface area contributed by atoms with Gasteiger partial charge in [0.15, 0.2) is 0 Å². The first-order valence-corrected chi connectivity index (χ1v) is 5.26. The van der Waals surface area contributed by atoms with Crippen LogP contribution in [0.2, 0.25) is 0 Å². The van der Waals surface area contributed by atoms with E-state index in [1.165, 1.54) is 0 Å². The third kappa shape index (κ3) is 2.21. The molecule has 0 N–H and O–H groups in total. The van der Waals surface area contributed by atoms with Gasteiger partial charge in [-0.05, 0) is 25.5 Å². The molecule has 0 atom stereocenters. The van der Waals surface area contributed by atoms with Crippen LogP contribution in [-0.4, -0.2) is 23.5 Å². The summed E-state index contributed by atoms with van der Waals surface area (Å²) in [4.78, 5) is 27.9. The maximum absolute atomic E-state index is 11.6. The van der Waals surface area contributed by atoms with Crippen molar-refractivity contribution in [1.82, 2.24) is 5.06 Å². The molecule has 1 aliphatic rings. The first-order valence-electron chi connectivity index (χ1n) is 5.26. The molecule has 0 spiro atoms. The van der Waals surface area contributed by atoms with Crippen molar-refractivity contribution in [2.24, 2.45) is 0 Å². The molecule has 0 radical (unpaired) electrons. The largest absolute Gasteiger partial charge is 0.363 e. The summed E-state index contributed by atoms with van der Waals surface area (Å²) >= 11 is 0. The van der Waals surface area contributed by atoms with E-state index in [4.69, 9.17) is 4.84 Å². The second kappa shape index (κ2) is 4.35. The van der Waals surface area contributed by atoms with Gasteiger partial charge in [-0.15, -0.1) is 0 Å². The van der Waals surface area contributed by atoms with Gasteiger partial charge in [0.25, 0.3) is 5.91 Å². The van der Waals surface area contributed by atoms with E-state index in [9.17, 15) is 9.59 Å². The highest BCUT2D eigenvalue weighted by atomic mass is 16.7. The van der Waals surface area contributed by atoms with E-state index in [-0.39, 0.29) is 5.91 Å². The van der Waals surface area contributed by atoms with Crippen molar-refractivity contribution < 1.29 is 14.4 Å². The minimum Gasteiger partial charge on any atom is -0.333 e. The van der Waals surface area contributed by atoms with Crippen LogP contribution in [0.25, 0.3) is 0 Å². The van der Waals surface area contributed by atoms with Crippen LogP contribution < -0.4 is 0 Å². The van der Waals surface area contributed by atoms with Crippen LogP contribution in [0, 0.1) is 6.92 Å². The molecule has 2 rings (SSSR count). The van der Waals surface area contributed by atoms with E-state index < -0.39 is 5.97 Å². The van der Waals surface area contributed by atoms with Crippen LogP contribution >= 0.6 is 0 Å². The van der Waals surface area contributed by atoms with E-state index in [1.807, 2.05) is 19.1 Å². The molecule has 1 heterocycles. The standard InChI is InChI=1S/C12H13NO3/c1-9-4-6-10(7-5-9)12(15)16-13-8-2-3-11(13)14/h4-7H,2-3,8H2,1H3. The number of aryl methyl sites for hydroxylation is 1. The van der Waals surface area contributed by atoms with Gasteiger partial charge < -0.3 is 4.84 Å². The highest BCUT2D eigenvalue weighted by Gasteiger charge is 2.24. The van der Waals surface area contributed by atoms with Crippen LogP contribution in [0.4, 0.5) is 0 Å². The zero-order valence-corrected chi connectivity index (χ0v) is 9.10. The third-order valence-electron chi connectivity index (χ3n) is 2.51. The molecular weight excluding hydrogens is 206 g/mol. The van der Waals surface area contributed by atoms with Crippen molar-refractivity contribution in [2.75, 3.05) is 6.54 Å². The lowest BCUT2D eigenvalue weighted by Crippen LogP contribution is -2.28. The Labute approximate surface area is 93.8 Å². The maximum atomic E-state index is 11.6. The molecule has 1 saturated heterocycles. The van der Waals surface area contributed by atoms with E-state index in [2.05, 4.69) is 0 Å². The molecule has 1 fully saturated rings. The fourth-order valence-corrected chi connectivity index (χ4v) is 1.56. The van der Waals surface area contributed by atoms with E-state index in [1.54, 1.807) is 12.1 Å². The van der Waals surface area contributed by atoms with Crippen molar-refractivity contribution in [3.63, 3.8) is 0 Å². The Bertz CT molecular complexity index is 411. The van der Waals surface area contributed by atoms with Crippen LogP contribution in [0.5, 0.6) is 0 Å². The summed E-state index contributed by atoms with van der Waals surface area (Å²) in [5.74, 6) is -0.601. The van der Waals surface area contributed by atoms with Crippen molar-refractivity contribution in [2.45, 2.75) is 19.8 Å². The number of rotatable bonds is 2. The zero-order valence-electron chi connectivity index (χ0n) is 9.10. The predicted molar refractivity (Wildman–Crippen MR) is 57.5 cm³/mol. The fourth-order valence-electron chi connectivity index (χ4n) is 1.56. The van der Waals surface area contributed by atoms with Crippen molar-refractivity contribution in [3.8, 4) is 0 Å². The third-order valence-corrected chi connectivity index (χ3v) is 2.51. The first-order chi connectivity index (χ1) is 7.66. The predicted octanol–water partition coefficient (Wildman–Crippen LogP) is 1.69. The molecule has 16 heavy (non-hydrogen) atoms. The number of benzene rings is 1. The quantitative estimate of drug-likeness (QED) is 0.760. The summed E-state index contributed by atoms with van der Waals surface area (Å²) in [5, 5.41) is 1.14. The molecule has 1 aliphatic heterocycles. The Hall–Kier alpha value is -1.84. The summed E-state index contributed by atoms with van der Waals surface area (Å²) in [5.41, 5.74) is 1.54. The highest BCUT2D eigenvalue weighted by Crippen LogP contribution is 2.12. The molecule has 0 bridgehead atoms. The maximum Gasteiger partial charge on any atom is 0.363 e. The van der Waals surface area contributed by atoms with Gasteiger partial charge in [0.1, 0.15) is 0 Å². The lowest BCUT2D eigenvalue weighted by molar-refractivity contribution is -0.159. The number of nitrogens with zero attached hydrogens (tertiary/aromatic N) is 1. The lowest BCUT2D eigenvalue weighted by atomic mass is 10.2. The zero-order chi connectivity index (χ0) is 11.5. The van der Waals surface area contributed by atoms with Crippen LogP contribution in [0.3, 0.4) is 0 Å². The lowest BCUT2D eigenvalue weighted by Gasteiger charge is -2.14. The van der Waals surface area contributed by atoms with Gasteiger partial charge in [0.05, 0.1) is 12.1 Å². The number of carbonyl (C=O) groups is 2. The number of carbonyl (C=O) groups excluding carboxylic acids is 2. The van der Waals surface area contributed by atoms with Crippen molar-refractivity contribution in [3.05, 3.63) is 35.4 Å². The van der Waals surface area contributed by atoms with Crippen LogP contribution in [0.15, 0.2) is 24.3 Å². The minimum atomic E-state index is -0.477. The van der Waals surface area contributed by atoms with E-state index >= 15 is 0 Å². The SMILES string of the molecule is Cc1ccc(C(=O)ON2CCCC2=O)cc1. The van der Waals surface area contributed by atoms with Crippen LogP contribution in [0.1, 0.15) is 28.8 Å². The second-order valence-corrected chi connectivity index (χ2v) is 3.84. The van der Waals surface area contributed by atoms with Gasteiger partial charge in [0.2, 0.25) is 0 Å². The number of hydrogen-bond donors (Lipinski definition) is 0. The fraction of sp³-hybridized carbons (Fsp3) is 0.333. The Morgan fingerprint density at radius 3 is 2.56 bits per heavy atom.